The summed E-state index contributed by atoms with van der Waals surface area (Å²) in [5, 5.41) is 3.28. The first-order chi connectivity index (χ1) is 16.4. The number of amides is 2. The number of carbonyl (C=O) groups excluding carboxylic acids is 2. The van der Waals surface area contributed by atoms with E-state index in [1.165, 1.54) is 10.2 Å². The summed E-state index contributed by atoms with van der Waals surface area (Å²) in [5.41, 5.74) is 8.20. The smallest absolute Gasteiger partial charge is 0.404 e. The van der Waals surface area contributed by atoms with E-state index in [2.05, 4.69) is 29.0 Å². The summed E-state index contributed by atoms with van der Waals surface area (Å²) < 4.78 is 15.1. The van der Waals surface area contributed by atoms with Crippen molar-refractivity contribution >= 4 is 44.6 Å². The van der Waals surface area contributed by atoms with Crippen LogP contribution in [0.15, 0.2) is 29.6 Å². The van der Waals surface area contributed by atoms with Crippen LogP contribution in [0.25, 0.3) is 32.8 Å². The molecule has 2 N–H and O–H groups in total. The number of fused-ring (bicyclic) bond motifs is 2. The summed E-state index contributed by atoms with van der Waals surface area (Å²) in [5.74, 6) is 1.25. The van der Waals surface area contributed by atoms with Crippen LogP contribution in [0.5, 0.6) is 5.75 Å². The molecule has 0 saturated carbocycles. The van der Waals surface area contributed by atoms with Gasteiger partial charge in [0.15, 0.2) is 5.82 Å². The van der Waals surface area contributed by atoms with Gasteiger partial charge in [-0.25, -0.2) is 9.78 Å². The Kier molecular flexibility index (Phi) is 5.68. The Morgan fingerprint density at radius 3 is 2.85 bits per heavy atom. The molecule has 0 radical (unpaired) electrons. The maximum atomic E-state index is 13.3. The highest BCUT2D eigenvalue weighted by atomic mass is 32.1. The zero-order chi connectivity index (χ0) is 24.0. The molecule has 178 valence electrons. The van der Waals surface area contributed by atoms with Crippen molar-refractivity contribution in [2.75, 3.05) is 20.2 Å². The molecule has 5 rings (SSSR count). The molecule has 9 nitrogen and oxygen atoms in total. The highest BCUT2D eigenvalue weighted by molar-refractivity contribution is 7.16. The molecule has 34 heavy (non-hydrogen) atoms. The number of aryl methyl sites for hydroxylation is 2. The molecule has 1 aliphatic rings. The van der Waals surface area contributed by atoms with Crippen molar-refractivity contribution in [1.82, 2.24) is 19.0 Å². The average molecular weight is 482 g/mol. The van der Waals surface area contributed by atoms with Gasteiger partial charge in [-0.05, 0) is 49.4 Å². The molecular weight excluding hydrogens is 454 g/mol. The third kappa shape index (κ3) is 3.67. The number of thiophene rings is 1. The largest absolute Gasteiger partial charge is 0.494 e. The number of hydrogen-bond acceptors (Lipinski definition) is 6. The Hall–Kier alpha value is -3.53. The number of aromatic nitrogens is 3. The van der Waals surface area contributed by atoms with Gasteiger partial charge in [0.25, 0.3) is 5.91 Å². The van der Waals surface area contributed by atoms with Crippen molar-refractivity contribution in [2.45, 2.75) is 32.4 Å². The van der Waals surface area contributed by atoms with E-state index in [0.717, 1.165) is 30.0 Å². The van der Waals surface area contributed by atoms with Crippen LogP contribution in [-0.4, -0.2) is 57.3 Å². The summed E-state index contributed by atoms with van der Waals surface area (Å²) in [6.45, 7) is 3.85. The van der Waals surface area contributed by atoms with Gasteiger partial charge in [-0.15, -0.1) is 11.3 Å². The highest BCUT2D eigenvalue weighted by Crippen LogP contribution is 2.35. The molecule has 1 aliphatic heterocycles. The van der Waals surface area contributed by atoms with Gasteiger partial charge < -0.3 is 29.2 Å². The lowest BCUT2D eigenvalue weighted by Crippen LogP contribution is -2.44. The van der Waals surface area contributed by atoms with E-state index in [0.29, 0.717) is 36.3 Å². The lowest BCUT2D eigenvalue weighted by atomic mass is 10.1. The quantitative estimate of drug-likeness (QED) is 0.464. The summed E-state index contributed by atoms with van der Waals surface area (Å²) in [7, 11) is 3.56. The van der Waals surface area contributed by atoms with Gasteiger partial charge in [-0.3, -0.25) is 4.79 Å². The number of rotatable bonds is 5. The molecule has 0 unspecified atom stereocenters. The first kappa shape index (κ1) is 22.3. The first-order valence-electron chi connectivity index (χ1n) is 11.3. The Bertz CT molecular complexity index is 1400. The van der Waals surface area contributed by atoms with E-state index in [1.54, 1.807) is 29.4 Å². The van der Waals surface area contributed by atoms with Gasteiger partial charge in [-0.2, -0.15) is 0 Å². The van der Waals surface area contributed by atoms with Crippen LogP contribution in [-0.2, 0) is 18.3 Å². The second-order valence-electron chi connectivity index (χ2n) is 8.45. The van der Waals surface area contributed by atoms with Crippen LogP contribution in [0.2, 0.25) is 0 Å². The third-order valence-corrected chi connectivity index (χ3v) is 7.35. The van der Waals surface area contributed by atoms with Crippen LogP contribution in [0.4, 0.5) is 4.79 Å². The highest BCUT2D eigenvalue weighted by Gasteiger charge is 2.28. The minimum atomic E-state index is -0.819. The number of nitrogens with two attached hydrogens (primary N) is 1. The fourth-order valence-electron chi connectivity index (χ4n) is 4.86. The second kappa shape index (κ2) is 8.68. The Morgan fingerprint density at radius 1 is 1.29 bits per heavy atom. The topological polar surface area (TPSA) is 105 Å². The summed E-state index contributed by atoms with van der Waals surface area (Å²) >= 11 is 1.71. The monoisotopic (exact) mass is 481 g/mol. The molecule has 2 amide bonds. The Balaban J connectivity index is 1.55. The van der Waals surface area contributed by atoms with Crippen LogP contribution in [0, 0.1) is 0 Å². The van der Waals surface area contributed by atoms with E-state index in [1.807, 2.05) is 17.7 Å². The third-order valence-electron chi connectivity index (χ3n) is 6.40. The van der Waals surface area contributed by atoms with E-state index in [-0.39, 0.29) is 5.91 Å². The maximum Gasteiger partial charge on any atom is 0.404 e. The number of likely N-dealkylation sites (tertiary alicyclic amines) is 1. The Morgan fingerprint density at radius 2 is 2.12 bits per heavy atom. The number of hydrogen-bond donors (Lipinski definition) is 1. The van der Waals surface area contributed by atoms with Gasteiger partial charge in [0.1, 0.15) is 22.2 Å². The molecule has 1 atom stereocenters. The van der Waals surface area contributed by atoms with Gasteiger partial charge >= 0.3 is 6.09 Å². The minimum absolute atomic E-state index is 0.150. The van der Waals surface area contributed by atoms with Crippen molar-refractivity contribution in [3.8, 4) is 17.3 Å². The molecule has 1 fully saturated rings. The van der Waals surface area contributed by atoms with Gasteiger partial charge in [-0.1, -0.05) is 0 Å². The van der Waals surface area contributed by atoms with Crippen molar-refractivity contribution in [3.63, 3.8) is 0 Å². The van der Waals surface area contributed by atoms with E-state index < -0.39 is 12.2 Å². The first-order valence-corrected chi connectivity index (χ1v) is 12.2. The summed E-state index contributed by atoms with van der Waals surface area (Å²) in [6, 6.07) is 7.83. The van der Waals surface area contributed by atoms with Crippen molar-refractivity contribution in [2.24, 2.45) is 12.8 Å². The van der Waals surface area contributed by atoms with Crippen LogP contribution in [0.3, 0.4) is 0 Å². The van der Waals surface area contributed by atoms with E-state index in [4.69, 9.17) is 20.2 Å². The molecular formula is C24H27N5O4S. The predicted octanol–water partition coefficient (Wildman–Crippen LogP) is 3.98. The van der Waals surface area contributed by atoms with Crippen molar-refractivity contribution < 1.29 is 19.1 Å². The van der Waals surface area contributed by atoms with Crippen LogP contribution < -0.4 is 10.5 Å². The zero-order valence-electron chi connectivity index (χ0n) is 19.4. The zero-order valence-corrected chi connectivity index (χ0v) is 20.2. The van der Waals surface area contributed by atoms with E-state index >= 15 is 0 Å². The van der Waals surface area contributed by atoms with E-state index in [9.17, 15) is 9.59 Å². The van der Waals surface area contributed by atoms with Crippen LogP contribution >= 0.6 is 11.3 Å². The van der Waals surface area contributed by atoms with Crippen LogP contribution in [0.1, 0.15) is 30.1 Å². The second-order valence-corrected chi connectivity index (χ2v) is 9.34. The lowest BCUT2D eigenvalue weighted by molar-refractivity contribution is 0.0373. The van der Waals surface area contributed by atoms with Crippen molar-refractivity contribution in [1.29, 1.82) is 0 Å². The molecule has 0 aliphatic carbocycles. The standard InChI is InChI=1S/C24H27N5O4S/c1-4-29-18(11-14-7-9-34-23(14)29)21-26-17-10-15(12-19(32-3)20(17)27(21)2)22(30)28-8-5-6-16(13-28)33-24(25)31/h7,9-12,16H,4-6,8,13H2,1-3H3,(H2,25,31)/t16-/m1/s1. The fourth-order valence-corrected chi connectivity index (χ4v) is 5.82. The lowest BCUT2D eigenvalue weighted by Gasteiger charge is -2.32. The minimum Gasteiger partial charge on any atom is -0.494 e. The maximum absolute atomic E-state index is 13.3. The number of methoxy groups -OCH3 is 1. The molecule has 1 aromatic carbocycles. The predicted molar refractivity (Wildman–Crippen MR) is 131 cm³/mol. The summed E-state index contributed by atoms with van der Waals surface area (Å²) in [6.07, 6.45) is 0.216. The number of piperidine rings is 1. The molecule has 0 bridgehead atoms. The van der Waals surface area contributed by atoms with Gasteiger partial charge in [0.05, 0.1) is 24.9 Å². The Labute approximate surface area is 200 Å². The SMILES string of the molecule is CCn1c(-c2nc3cc(C(=O)N4CCC[C@@H](OC(N)=O)C4)cc(OC)c3n2C)cc2ccsc21. The molecule has 4 heterocycles. The number of ether oxygens (including phenoxy) is 2. The van der Waals surface area contributed by atoms with Crippen molar-refractivity contribution in [3.05, 3.63) is 35.2 Å². The molecule has 4 aromatic rings. The molecule has 3 aromatic heterocycles. The molecule has 1 saturated heterocycles. The van der Waals surface area contributed by atoms with Gasteiger partial charge in [0, 0.05) is 31.1 Å². The number of carbonyl (C=O) groups is 2. The number of benzene rings is 1. The fraction of sp³-hybridized carbons (Fsp3) is 0.375. The molecule has 10 heteroatoms. The average Bonchev–Trinajstić information content (AvgIpc) is 3.50. The van der Waals surface area contributed by atoms with Gasteiger partial charge in [0.2, 0.25) is 0 Å². The number of imidazole rings is 1. The number of nitrogens with zero attached hydrogens (tertiary/aromatic N) is 4. The summed E-state index contributed by atoms with van der Waals surface area (Å²) in [4.78, 5) is 32.3. The number of primary amides is 1. The molecule has 0 spiro atoms. The normalized spacial score (nSPS) is 16.3.